The highest BCUT2D eigenvalue weighted by Gasteiger charge is 2.20. The summed E-state index contributed by atoms with van der Waals surface area (Å²) in [5, 5.41) is 6.80. The van der Waals surface area contributed by atoms with E-state index in [1.165, 1.54) is 0 Å². The predicted molar refractivity (Wildman–Crippen MR) is 70.5 cm³/mol. The fraction of sp³-hybridized carbons (Fsp3) is 0.462. The van der Waals surface area contributed by atoms with Gasteiger partial charge >= 0.3 is 0 Å². The van der Waals surface area contributed by atoms with E-state index in [1.54, 1.807) is 0 Å². The monoisotopic (exact) mass is 252 g/mol. The molecule has 2 rings (SSSR count). The molecule has 3 nitrogen and oxygen atoms in total. The van der Waals surface area contributed by atoms with E-state index in [-0.39, 0.29) is 11.9 Å². The van der Waals surface area contributed by atoms with Gasteiger partial charge in [0.15, 0.2) is 0 Å². The van der Waals surface area contributed by atoms with Crippen molar-refractivity contribution in [1.82, 2.24) is 5.32 Å². The van der Waals surface area contributed by atoms with Gasteiger partial charge in [0.1, 0.15) is 6.04 Å². The van der Waals surface area contributed by atoms with E-state index in [4.69, 9.17) is 11.6 Å². The molecule has 1 aromatic carbocycles. The fourth-order valence-corrected chi connectivity index (χ4v) is 2.19. The molecule has 1 unspecified atom stereocenters. The molecule has 1 aliphatic heterocycles. The Labute approximate surface area is 107 Å². The molecule has 0 saturated carbocycles. The SMILES string of the molecule is Cc1ccc(Cl)c(NC2CCCCNC2=O)c1. The molecule has 2 N–H and O–H groups in total. The number of nitrogens with one attached hydrogen (secondary N) is 2. The molecule has 0 radical (unpaired) electrons. The zero-order valence-electron chi connectivity index (χ0n) is 9.92. The molecule has 1 aliphatic rings. The van der Waals surface area contributed by atoms with Crippen LogP contribution in [0.15, 0.2) is 18.2 Å². The maximum Gasteiger partial charge on any atom is 0.242 e. The third kappa shape index (κ3) is 3.13. The average Bonchev–Trinajstić information content (AvgIpc) is 2.50. The first-order valence-corrected chi connectivity index (χ1v) is 6.35. The molecule has 1 atom stereocenters. The standard InChI is InChI=1S/C13H17ClN2O/c1-9-5-6-10(14)12(8-9)16-11-4-2-3-7-15-13(11)17/h5-6,8,11,16H,2-4,7H2,1H3,(H,15,17). The second kappa shape index (κ2) is 5.41. The van der Waals surface area contributed by atoms with Gasteiger partial charge in [-0.15, -0.1) is 0 Å². The zero-order valence-corrected chi connectivity index (χ0v) is 10.7. The average molecular weight is 253 g/mol. The first kappa shape index (κ1) is 12.2. The van der Waals surface area contributed by atoms with Gasteiger partial charge in [0, 0.05) is 6.54 Å². The summed E-state index contributed by atoms with van der Waals surface area (Å²) < 4.78 is 0. The molecule has 1 heterocycles. The number of rotatable bonds is 2. The van der Waals surface area contributed by atoms with E-state index < -0.39 is 0 Å². The van der Waals surface area contributed by atoms with Gasteiger partial charge in [0.05, 0.1) is 10.7 Å². The number of amides is 1. The van der Waals surface area contributed by atoms with E-state index in [1.807, 2.05) is 25.1 Å². The molecule has 1 saturated heterocycles. The highest BCUT2D eigenvalue weighted by molar-refractivity contribution is 6.33. The summed E-state index contributed by atoms with van der Waals surface area (Å²) in [6, 6.07) is 5.62. The molecule has 0 bridgehead atoms. The van der Waals surface area contributed by atoms with Gasteiger partial charge in [-0.2, -0.15) is 0 Å². The molecule has 1 fully saturated rings. The molecule has 0 aromatic heterocycles. The minimum atomic E-state index is -0.170. The molecule has 0 aliphatic carbocycles. The van der Waals surface area contributed by atoms with Crippen molar-refractivity contribution in [2.45, 2.75) is 32.2 Å². The Morgan fingerprint density at radius 2 is 2.24 bits per heavy atom. The molecule has 1 amide bonds. The van der Waals surface area contributed by atoms with Crippen LogP contribution in [0.25, 0.3) is 0 Å². The molecular formula is C13H17ClN2O. The third-order valence-electron chi connectivity index (χ3n) is 2.99. The number of benzene rings is 1. The molecular weight excluding hydrogens is 236 g/mol. The Bertz CT molecular complexity index is 420. The van der Waals surface area contributed by atoms with Crippen molar-refractivity contribution in [1.29, 1.82) is 0 Å². The van der Waals surface area contributed by atoms with Crippen molar-refractivity contribution in [3.63, 3.8) is 0 Å². The van der Waals surface area contributed by atoms with Crippen molar-refractivity contribution in [3.8, 4) is 0 Å². The lowest BCUT2D eigenvalue weighted by molar-refractivity contribution is -0.121. The topological polar surface area (TPSA) is 41.1 Å². The Balaban J connectivity index is 2.13. The maximum atomic E-state index is 11.8. The van der Waals surface area contributed by atoms with Crippen LogP contribution in [-0.4, -0.2) is 18.5 Å². The highest BCUT2D eigenvalue weighted by Crippen LogP contribution is 2.24. The van der Waals surface area contributed by atoms with Crippen LogP contribution in [0.1, 0.15) is 24.8 Å². The Kier molecular flexibility index (Phi) is 3.89. The van der Waals surface area contributed by atoms with Crippen LogP contribution in [0.5, 0.6) is 0 Å². The van der Waals surface area contributed by atoms with Gasteiger partial charge in [-0.3, -0.25) is 4.79 Å². The number of carbonyl (C=O) groups is 1. The largest absolute Gasteiger partial charge is 0.372 e. The van der Waals surface area contributed by atoms with Crippen molar-refractivity contribution in [2.75, 3.05) is 11.9 Å². The summed E-state index contributed by atoms with van der Waals surface area (Å²) in [5.74, 6) is 0.0695. The van der Waals surface area contributed by atoms with Gasteiger partial charge in [-0.05, 0) is 43.9 Å². The molecule has 4 heteroatoms. The van der Waals surface area contributed by atoms with E-state index in [0.717, 1.165) is 37.1 Å². The maximum absolute atomic E-state index is 11.8. The van der Waals surface area contributed by atoms with Crippen LogP contribution in [-0.2, 0) is 4.79 Å². The van der Waals surface area contributed by atoms with E-state index in [9.17, 15) is 4.79 Å². The third-order valence-corrected chi connectivity index (χ3v) is 3.32. The first-order chi connectivity index (χ1) is 8.16. The summed E-state index contributed by atoms with van der Waals surface area (Å²) >= 11 is 6.11. The number of halogens is 1. The number of anilines is 1. The second-order valence-corrected chi connectivity index (χ2v) is 4.87. The predicted octanol–water partition coefficient (Wildman–Crippen LogP) is 2.73. The lowest BCUT2D eigenvalue weighted by atomic mass is 10.1. The quantitative estimate of drug-likeness (QED) is 0.850. The Hall–Kier alpha value is -1.22. The summed E-state index contributed by atoms with van der Waals surface area (Å²) in [4.78, 5) is 11.8. The van der Waals surface area contributed by atoms with Gasteiger partial charge in [0.25, 0.3) is 0 Å². The Morgan fingerprint density at radius 3 is 3.06 bits per heavy atom. The first-order valence-electron chi connectivity index (χ1n) is 5.97. The van der Waals surface area contributed by atoms with Crippen LogP contribution in [0.2, 0.25) is 5.02 Å². The minimum Gasteiger partial charge on any atom is -0.372 e. The van der Waals surface area contributed by atoms with Crippen LogP contribution >= 0.6 is 11.6 Å². The number of carbonyl (C=O) groups excluding carboxylic acids is 1. The molecule has 1 aromatic rings. The van der Waals surface area contributed by atoms with Crippen molar-refractivity contribution < 1.29 is 4.79 Å². The molecule has 92 valence electrons. The summed E-state index contributed by atoms with van der Waals surface area (Å²) in [5.41, 5.74) is 1.97. The summed E-state index contributed by atoms with van der Waals surface area (Å²) in [6.45, 7) is 2.78. The van der Waals surface area contributed by atoms with Gasteiger partial charge in [0.2, 0.25) is 5.91 Å². The smallest absolute Gasteiger partial charge is 0.242 e. The summed E-state index contributed by atoms with van der Waals surface area (Å²) in [7, 11) is 0. The zero-order chi connectivity index (χ0) is 12.3. The lowest BCUT2D eigenvalue weighted by Crippen LogP contribution is -2.37. The molecule has 0 spiro atoms. The minimum absolute atomic E-state index is 0.0695. The number of aryl methyl sites for hydroxylation is 1. The van der Waals surface area contributed by atoms with Crippen molar-refractivity contribution in [3.05, 3.63) is 28.8 Å². The fourth-order valence-electron chi connectivity index (χ4n) is 2.01. The lowest BCUT2D eigenvalue weighted by Gasteiger charge is -2.17. The van der Waals surface area contributed by atoms with E-state index in [2.05, 4.69) is 10.6 Å². The second-order valence-electron chi connectivity index (χ2n) is 4.47. The number of hydrogen-bond donors (Lipinski definition) is 2. The van der Waals surface area contributed by atoms with Gasteiger partial charge in [-0.25, -0.2) is 0 Å². The van der Waals surface area contributed by atoms with Gasteiger partial charge in [-0.1, -0.05) is 17.7 Å². The van der Waals surface area contributed by atoms with E-state index in [0.29, 0.717) is 5.02 Å². The number of hydrogen-bond acceptors (Lipinski definition) is 2. The van der Waals surface area contributed by atoms with Gasteiger partial charge < -0.3 is 10.6 Å². The molecule has 17 heavy (non-hydrogen) atoms. The van der Waals surface area contributed by atoms with Crippen LogP contribution in [0.4, 0.5) is 5.69 Å². The van der Waals surface area contributed by atoms with Crippen LogP contribution < -0.4 is 10.6 Å². The summed E-state index contributed by atoms with van der Waals surface area (Å²) in [6.07, 6.45) is 2.96. The van der Waals surface area contributed by atoms with Crippen molar-refractivity contribution >= 4 is 23.2 Å². The van der Waals surface area contributed by atoms with Crippen LogP contribution in [0.3, 0.4) is 0 Å². The van der Waals surface area contributed by atoms with Crippen LogP contribution in [0, 0.1) is 6.92 Å². The normalized spacial score (nSPS) is 20.6. The van der Waals surface area contributed by atoms with E-state index >= 15 is 0 Å². The Morgan fingerprint density at radius 1 is 1.41 bits per heavy atom. The highest BCUT2D eigenvalue weighted by atomic mass is 35.5. The van der Waals surface area contributed by atoms with Crippen molar-refractivity contribution in [2.24, 2.45) is 0 Å².